The number of aromatic hydroxyl groups is 1. The number of phenols is 1. The third-order valence-electron chi connectivity index (χ3n) is 3.13. The van der Waals surface area contributed by atoms with Crippen molar-refractivity contribution >= 4 is 22.6 Å². The zero-order chi connectivity index (χ0) is 13.6. The first-order valence-electron chi connectivity index (χ1n) is 6.00. The van der Waals surface area contributed by atoms with Gasteiger partial charge in [-0.3, -0.25) is 0 Å². The Labute approximate surface area is 115 Å². The molecular formula is C15H13ClN2O. The van der Waals surface area contributed by atoms with Crippen molar-refractivity contribution in [3.63, 3.8) is 0 Å². The Morgan fingerprint density at radius 2 is 1.95 bits per heavy atom. The van der Waals surface area contributed by atoms with E-state index >= 15 is 0 Å². The molecule has 3 rings (SSSR count). The van der Waals surface area contributed by atoms with Crippen LogP contribution in [0.15, 0.2) is 30.3 Å². The number of rotatable bonds is 1. The van der Waals surface area contributed by atoms with Gasteiger partial charge in [0.15, 0.2) is 0 Å². The Bertz CT molecular complexity index is 777. The topological polar surface area (TPSA) is 48.9 Å². The lowest BCUT2D eigenvalue weighted by Gasteiger charge is -2.00. The third-order valence-corrected chi connectivity index (χ3v) is 3.46. The Morgan fingerprint density at radius 1 is 1.16 bits per heavy atom. The van der Waals surface area contributed by atoms with E-state index in [1.165, 1.54) is 5.56 Å². The number of halogens is 1. The van der Waals surface area contributed by atoms with E-state index in [0.29, 0.717) is 16.4 Å². The maximum Gasteiger partial charge on any atom is 0.140 e. The molecule has 1 aromatic heterocycles. The van der Waals surface area contributed by atoms with E-state index in [4.69, 9.17) is 11.6 Å². The Balaban J connectivity index is 2.26. The van der Waals surface area contributed by atoms with Crippen LogP contribution in [0, 0.1) is 13.8 Å². The molecule has 1 heterocycles. The average Bonchev–Trinajstić information content (AvgIpc) is 2.76. The number of hydrogen-bond acceptors (Lipinski definition) is 2. The molecular weight excluding hydrogens is 260 g/mol. The monoisotopic (exact) mass is 272 g/mol. The molecule has 0 aliphatic heterocycles. The minimum Gasteiger partial charge on any atom is -0.508 e. The van der Waals surface area contributed by atoms with Gasteiger partial charge in [0.1, 0.15) is 11.6 Å². The van der Waals surface area contributed by atoms with Crippen molar-refractivity contribution < 1.29 is 5.11 Å². The van der Waals surface area contributed by atoms with Crippen LogP contribution in [0.5, 0.6) is 5.75 Å². The molecule has 0 atom stereocenters. The fourth-order valence-electron chi connectivity index (χ4n) is 2.29. The van der Waals surface area contributed by atoms with Gasteiger partial charge >= 0.3 is 0 Å². The first-order chi connectivity index (χ1) is 9.04. The predicted molar refractivity (Wildman–Crippen MR) is 77.7 cm³/mol. The minimum atomic E-state index is 0.174. The van der Waals surface area contributed by atoms with Crippen LogP contribution in [-0.4, -0.2) is 15.1 Å². The van der Waals surface area contributed by atoms with Gasteiger partial charge in [-0.2, -0.15) is 0 Å². The summed E-state index contributed by atoms with van der Waals surface area (Å²) in [4.78, 5) is 7.83. The fourth-order valence-corrected chi connectivity index (χ4v) is 2.50. The SMILES string of the molecule is Cc1cc(C)c2nc(-c3cc(O)ccc3Cl)[nH]c2c1. The van der Waals surface area contributed by atoms with Crippen LogP contribution in [0.2, 0.25) is 5.02 Å². The Hall–Kier alpha value is -2.00. The second kappa shape index (κ2) is 4.28. The van der Waals surface area contributed by atoms with Gasteiger partial charge in [0, 0.05) is 5.56 Å². The van der Waals surface area contributed by atoms with Crippen LogP contribution in [0.4, 0.5) is 0 Å². The van der Waals surface area contributed by atoms with Crippen molar-refractivity contribution in [1.29, 1.82) is 0 Å². The average molecular weight is 273 g/mol. The largest absolute Gasteiger partial charge is 0.508 e. The molecule has 0 bridgehead atoms. The normalized spacial score (nSPS) is 11.1. The number of nitrogens with zero attached hydrogens (tertiary/aromatic N) is 1. The summed E-state index contributed by atoms with van der Waals surface area (Å²) in [6.07, 6.45) is 0. The molecule has 0 radical (unpaired) electrons. The van der Waals surface area contributed by atoms with Crippen LogP contribution in [0.1, 0.15) is 11.1 Å². The summed E-state index contributed by atoms with van der Waals surface area (Å²) in [6.45, 7) is 4.08. The summed E-state index contributed by atoms with van der Waals surface area (Å²) >= 11 is 6.16. The molecule has 4 heteroatoms. The van der Waals surface area contributed by atoms with Crippen LogP contribution in [0.3, 0.4) is 0 Å². The summed E-state index contributed by atoms with van der Waals surface area (Å²) in [6, 6.07) is 8.98. The smallest absolute Gasteiger partial charge is 0.140 e. The lowest BCUT2D eigenvalue weighted by molar-refractivity contribution is 0.475. The minimum absolute atomic E-state index is 0.174. The lowest BCUT2D eigenvalue weighted by Crippen LogP contribution is -1.82. The van der Waals surface area contributed by atoms with Gasteiger partial charge in [-0.05, 0) is 49.2 Å². The summed E-state index contributed by atoms with van der Waals surface area (Å²) in [5.41, 5.74) is 4.91. The van der Waals surface area contributed by atoms with Crippen molar-refractivity contribution in [1.82, 2.24) is 9.97 Å². The summed E-state index contributed by atoms with van der Waals surface area (Å²) < 4.78 is 0. The third kappa shape index (κ3) is 2.06. The van der Waals surface area contributed by atoms with E-state index in [-0.39, 0.29) is 5.75 Å². The van der Waals surface area contributed by atoms with Crippen LogP contribution < -0.4 is 0 Å². The van der Waals surface area contributed by atoms with E-state index < -0.39 is 0 Å². The first-order valence-corrected chi connectivity index (χ1v) is 6.38. The highest BCUT2D eigenvalue weighted by molar-refractivity contribution is 6.33. The summed E-state index contributed by atoms with van der Waals surface area (Å²) in [5.74, 6) is 0.845. The van der Waals surface area contributed by atoms with Crippen LogP contribution in [0.25, 0.3) is 22.4 Å². The molecule has 2 aromatic carbocycles. The van der Waals surface area contributed by atoms with Gasteiger partial charge in [0.2, 0.25) is 0 Å². The molecule has 0 aliphatic rings. The van der Waals surface area contributed by atoms with Gasteiger partial charge in [0.05, 0.1) is 16.1 Å². The van der Waals surface area contributed by atoms with Crippen molar-refractivity contribution in [3.05, 3.63) is 46.5 Å². The number of imidazole rings is 1. The number of hydrogen-bond donors (Lipinski definition) is 2. The van der Waals surface area contributed by atoms with Gasteiger partial charge < -0.3 is 10.1 Å². The fraction of sp³-hybridized carbons (Fsp3) is 0.133. The molecule has 0 saturated heterocycles. The maximum atomic E-state index is 9.57. The van der Waals surface area contributed by atoms with Crippen LogP contribution >= 0.6 is 11.6 Å². The maximum absolute atomic E-state index is 9.57. The Kier molecular flexibility index (Phi) is 2.72. The quantitative estimate of drug-likeness (QED) is 0.697. The number of H-pyrrole nitrogens is 1. The number of nitrogens with one attached hydrogen (secondary N) is 1. The highest BCUT2D eigenvalue weighted by Crippen LogP contribution is 2.31. The van der Waals surface area contributed by atoms with Crippen molar-refractivity contribution in [2.24, 2.45) is 0 Å². The molecule has 3 aromatic rings. The number of fused-ring (bicyclic) bond motifs is 1. The molecule has 0 unspecified atom stereocenters. The van der Waals surface area contributed by atoms with E-state index in [9.17, 15) is 5.11 Å². The van der Waals surface area contributed by atoms with E-state index in [1.807, 2.05) is 13.8 Å². The number of phenolic OH excluding ortho intramolecular Hbond substituents is 1. The lowest BCUT2D eigenvalue weighted by atomic mass is 10.1. The predicted octanol–water partition coefficient (Wildman–Crippen LogP) is 4.21. The van der Waals surface area contributed by atoms with Crippen LogP contribution in [-0.2, 0) is 0 Å². The van der Waals surface area contributed by atoms with E-state index in [1.54, 1.807) is 18.2 Å². The summed E-state index contributed by atoms with van der Waals surface area (Å²) in [5, 5.41) is 10.1. The first kappa shape index (κ1) is 12.1. The standard InChI is InChI=1S/C15H13ClN2O/c1-8-5-9(2)14-13(6-8)17-15(18-14)11-7-10(19)3-4-12(11)16/h3-7,19H,1-2H3,(H,17,18). The van der Waals surface area contributed by atoms with Gasteiger partial charge in [0.25, 0.3) is 0 Å². The van der Waals surface area contributed by atoms with Gasteiger partial charge in [-0.25, -0.2) is 4.98 Å². The number of aryl methyl sites for hydroxylation is 2. The van der Waals surface area contributed by atoms with Crippen molar-refractivity contribution in [2.45, 2.75) is 13.8 Å². The summed E-state index contributed by atoms with van der Waals surface area (Å²) in [7, 11) is 0. The highest BCUT2D eigenvalue weighted by Gasteiger charge is 2.11. The van der Waals surface area contributed by atoms with Crippen molar-refractivity contribution in [3.8, 4) is 17.1 Å². The molecule has 0 amide bonds. The van der Waals surface area contributed by atoms with Gasteiger partial charge in [-0.15, -0.1) is 0 Å². The second-order valence-corrected chi connectivity index (χ2v) is 5.13. The molecule has 0 saturated carbocycles. The van der Waals surface area contributed by atoms with E-state index in [0.717, 1.165) is 16.6 Å². The molecule has 0 aliphatic carbocycles. The van der Waals surface area contributed by atoms with Crippen molar-refractivity contribution in [2.75, 3.05) is 0 Å². The Morgan fingerprint density at radius 3 is 2.74 bits per heavy atom. The molecule has 0 fully saturated rings. The molecule has 3 nitrogen and oxygen atoms in total. The molecule has 0 spiro atoms. The molecule has 2 N–H and O–H groups in total. The van der Waals surface area contributed by atoms with Gasteiger partial charge in [-0.1, -0.05) is 17.7 Å². The highest BCUT2D eigenvalue weighted by atomic mass is 35.5. The second-order valence-electron chi connectivity index (χ2n) is 4.73. The number of benzene rings is 2. The number of aromatic amines is 1. The zero-order valence-corrected chi connectivity index (χ0v) is 11.4. The zero-order valence-electron chi connectivity index (χ0n) is 10.7. The molecule has 96 valence electrons. The van der Waals surface area contributed by atoms with E-state index in [2.05, 4.69) is 22.1 Å². The number of aromatic nitrogens is 2. The molecule has 19 heavy (non-hydrogen) atoms.